The molecule has 1 saturated heterocycles. The van der Waals surface area contributed by atoms with Crippen molar-refractivity contribution in [1.82, 2.24) is 24.4 Å². The standard InChI is InChI=1S/C27H27ClF3N5O3S/c1-15-13-34(20(14-37)21-8-9-22(28)40-21)10-11-35(15)26(38)19-12-32-36-24(27(29,30)31)16(2)23(33-25(19)36)17-4-6-18(39-3)7-5-17/h4-9,12,15,20,37H,10-11,13-14H2,1-3H3/t15-,20-/m1/s1. The number of aromatic nitrogens is 3. The molecule has 0 spiro atoms. The second kappa shape index (κ2) is 11.0. The molecule has 1 aliphatic rings. The van der Waals surface area contributed by atoms with Crippen LogP contribution in [-0.2, 0) is 6.18 Å². The Morgan fingerprint density at radius 1 is 1.23 bits per heavy atom. The highest BCUT2D eigenvalue weighted by atomic mass is 35.5. The summed E-state index contributed by atoms with van der Waals surface area (Å²) >= 11 is 7.48. The summed E-state index contributed by atoms with van der Waals surface area (Å²) in [5.41, 5.74) is -0.695. The Balaban J connectivity index is 1.49. The molecule has 1 amide bonds. The van der Waals surface area contributed by atoms with Crippen LogP contribution in [-0.4, -0.2) is 74.8 Å². The van der Waals surface area contributed by atoms with E-state index in [2.05, 4.69) is 15.0 Å². The highest BCUT2D eigenvalue weighted by Crippen LogP contribution is 2.37. The van der Waals surface area contributed by atoms with Crippen LogP contribution in [0.1, 0.15) is 39.5 Å². The number of alkyl halides is 3. The van der Waals surface area contributed by atoms with Gasteiger partial charge in [-0.3, -0.25) is 9.69 Å². The first-order valence-electron chi connectivity index (χ1n) is 12.5. The van der Waals surface area contributed by atoms with Gasteiger partial charge >= 0.3 is 6.18 Å². The van der Waals surface area contributed by atoms with Crippen molar-refractivity contribution < 1.29 is 27.8 Å². The van der Waals surface area contributed by atoms with Gasteiger partial charge in [0.05, 0.1) is 36.0 Å². The third-order valence-electron chi connectivity index (χ3n) is 7.20. The van der Waals surface area contributed by atoms with E-state index in [9.17, 15) is 23.1 Å². The number of hydrogen-bond donors (Lipinski definition) is 1. The predicted octanol–water partition coefficient (Wildman–Crippen LogP) is 5.33. The number of amides is 1. The topological polar surface area (TPSA) is 83.2 Å². The number of thiophene rings is 1. The molecular weight excluding hydrogens is 567 g/mol. The number of aliphatic hydroxyl groups excluding tert-OH is 1. The average molecular weight is 594 g/mol. The van der Waals surface area contributed by atoms with Crippen molar-refractivity contribution in [3.05, 3.63) is 68.6 Å². The second-order valence-corrected chi connectivity index (χ2v) is 11.4. The van der Waals surface area contributed by atoms with E-state index in [0.717, 1.165) is 11.1 Å². The van der Waals surface area contributed by atoms with Crippen LogP contribution in [0.15, 0.2) is 42.6 Å². The first kappa shape index (κ1) is 28.3. The van der Waals surface area contributed by atoms with Crippen molar-refractivity contribution in [2.24, 2.45) is 0 Å². The molecule has 13 heteroatoms. The van der Waals surface area contributed by atoms with Crippen molar-refractivity contribution in [2.45, 2.75) is 32.1 Å². The van der Waals surface area contributed by atoms with Crippen LogP contribution in [0.4, 0.5) is 13.2 Å². The molecule has 0 radical (unpaired) electrons. The van der Waals surface area contributed by atoms with Gasteiger partial charge in [0, 0.05) is 41.7 Å². The molecule has 0 saturated carbocycles. The number of carbonyl (C=O) groups is 1. The van der Waals surface area contributed by atoms with Gasteiger partial charge in [0.25, 0.3) is 5.91 Å². The zero-order valence-corrected chi connectivity index (χ0v) is 23.5. The molecule has 5 rings (SSSR count). The Labute approximate surface area is 237 Å². The van der Waals surface area contributed by atoms with Gasteiger partial charge in [-0.15, -0.1) is 11.3 Å². The molecule has 0 aliphatic carbocycles. The molecule has 212 valence electrons. The van der Waals surface area contributed by atoms with Crippen molar-refractivity contribution >= 4 is 34.5 Å². The number of fused-ring (bicyclic) bond motifs is 1. The van der Waals surface area contributed by atoms with Crippen molar-refractivity contribution in [3.8, 4) is 17.0 Å². The van der Waals surface area contributed by atoms with Gasteiger partial charge < -0.3 is 14.7 Å². The lowest BCUT2D eigenvalue weighted by atomic mass is 10.0. The van der Waals surface area contributed by atoms with Gasteiger partial charge in [0.1, 0.15) is 11.3 Å². The third kappa shape index (κ3) is 5.16. The second-order valence-electron chi connectivity index (χ2n) is 9.64. The first-order chi connectivity index (χ1) is 19.0. The van der Waals surface area contributed by atoms with Crippen LogP contribution in [0.25, 0.3) is 16.9 Å². The number of piperazine rings is 1. The average Bonchev–Trinajstić information content (AvgIpc) is 3.53. The molecule has 1 aliphatic heterocycles. The summed E-state index contributed by atoms with van der Waals surface area (Å²) < 4.78 is 49.3. The monoisotopic (exact) mass is 593 g/mol. The maximum Gasteiger partial charge on any atom is 0.433 e. The molecule has 8 nitrogen and oxygen atoms in total. The van der Waals surface area contributed by atoms with Gasteiger partial charge in [0.2, 0.25) is 0 Å². The van der Waals surface area contributed by atoms with Gasteiger partial charge in [-0.2, -0.15) is 18.3 Å². The number of halogens is 4. The molecule has 40 heavy (non-hydrogen) atoms. The largest absolute Gasteiger partial charge is 0.497 e. The smallest absolute Gasteiger partial charge is 0.433 e. The Bertz CT molecular complexity index is 1540. The van der Waals surface area contributed by atoms with E-state index in [1.165, 1.54) is 25.4 Å². The molecule has 4 aromatic rings. The predicted molar refractivity (Wildman–Crippen MR) is 146 cm³/mol. The minimum Gasteiger partial charge on any atom is -0.497 e. The third-order valence-corrected chi connectivity index (χ3v) is 8.53. The lowest BCUT2D eigenvalue weighted by Gasteiger charge is -2.42. The molecule has 4 heterocycles. The van der Waals surface area contributed by atoms with E-state index >= 15 is 0 Å². The van der Waals surface area contributed by atoms with Gasteiger partial charge in [-0.25, -0.2) is 9.50 Å². The van der Waals surface area contributed by atoms with Gasteiger partial charge in [-0.1, -0.05) is 11.6 Å². The Morgan fingerprint density at radius 2 is 1.95 bits per heavy atom. The molecule has 1 fully saturated rings. The number of methoxy groups -OCH3 is 1. The van der Waals surface area contributed by atoms with E-state index in [1.807, 2.05) is 13.0 Å². The highest BCUT2D eigenvalue weighted by molar-refractivity contribution is 7.16. The first-order valence-corrected chi connectivity index (χ1v) is 13.7. The van der Waals surface area contributed by atoms with Crippen LogP contribution >= 0.6 is 22.9 Å². The maximum absolute atomic E-state index is 14.3. The number of nitrogens with zero attached hydrogens (tertiary/aromatic N) is 5. The van der Waals surface area contributed by atoms with Gasteiger partial charge in [0.15, 0.2) is 11.3 Å². The van der Waals surface area contributed by atoms with Crippen molar-refractivity contribution in [3.63, 3.8) is 0 Å². The normalized spacial score (nSPS) is 17.4. The quantitative estimate of drug-likeness (QED) is 0.326. The number of benzene rings is 1. The molecule has 0 bridgehead atoms. The summed E-state index contributed by atoms with van der Waals surface area (Å²) in [6, 6.07) is 9.65. The molecular formula is C27H27ClF3N5O3S. The van der Waals surface area contributed by atoms with E-state index < -0.39 is 17.8 Å². The molecule has 3 aromatic heterocycles. The summed E-state index contributed by atoms with van der Waals surface area (Å²) in [5.74, 6) is 0.101. The van der Waals surface area contributed by atoms with Crippen molar-refractivity contribution in [1.29, 1.82) is 0 Å². The lowest BCUT2D eigenvalue weighted by Crippen LogP contribution is -2.55. The lowest BCUT2D eigenvalue weighted by molar-refractivity contribution is -0.143. The summed E-state index contributed by atoms with van der Waals surface area (Å²) in [4.78, 5) is 22.9. The maximum atomic E-state index is 14.3. The molecule has 2 atom stereocenters. The zero-order valence-electron chi connectivity index (χ0n) is 21.9. The van der Waals surface area contributed by atoms with Crippen LogP contribution in [0.5, 0.6) is 5.75 Å². The van der Waals surface area contributed by atoms with Crippen LogP contribution in [0.2, 0.25) is 4.34 Å². The SMILES string of the molecule is COc1ccc(-c2nc3c(C(=O)N4CCN([C@H](CO)c5ccc(Cl)s5)C[C@H]4C)cnn3c(C(F)(F)F)c2C)cc1. The molecule has 1 N–H and O–H groups in total. The number of aliphatic hydroxyl groups is 1. The minimum absolute atomic E-state index is 0.00990. The molecule has 0 unspecified atom stereocenters. The number of hydrogen-bond acceptors (Lipinski definition) is 7. The number of ether oxygens (including phenoxy) is 1. The van der Waals surface area contributed by atoms with E-state index in [-0.39, 0.29) is 41.2 Å². The van der Waals surface area contributed by atoms with E-state index in [0.29, 0.717) is 39.8 Å². The van der Waals surface area contributed by atoms with Crippen LogP contribution in [0, 0.1) is 6.92 Å². The fourth-order valence-electron chi connectivity index (χ4n) is 5.21. The zero-order chi connectivity index (χ0) is 28.8. The Hall–Kier alpha value is -3.19. The highest BCUT2D eigenvalue weighted by Gasteiger charge is 2.40. The number of carbonyl (C=O) groups excluding carboxylic acids is 1. The van der Waals surface area contributed by atoms with E-state index in [1.54, 1.807) is 35.2 Å². The summed E-state index contributed by atoms with van der Waals surface area (Å²) in [6.45, 7) is 4.35. The summed E-state index contributed by atoms with van der Waals surface area (Å²) in [5, 5.41) is 14.0. The minimum atomic E-state index is -4.73. The fraction of sp³-hybridized carbons (Fsp3) is 0.370. The van der Waals surface area contributed by atoms with Gasteiger partial charge in [-0.05, 0) is 50.2 Å². The summed E-state index contributed by atoms with van der Waals surface area (Å²) in [6.07, 6.45) is -3.58. The Kier molecular flexibility index (Phi) is 7.79. The van der Waals surface area contributed by atoms with Crippen molar-refractivity contribution in [2.75, 3.05) is 33.4 Å². The summed E-state index contributed by atoms with van der Waals surface area (Å²) in [7, 11) is 1.50. The van der Waals surface area contributed by atoms with Crippen LogP contribution < -0.4 is 4.74 Å². The van der Waals surface area contributed by atoms with Crippen LogP contribution in [0.3, 0.4) is 0 Å². The van der Waals surface area contributed by atoms with E-state index in [4.69, 9.17) is 16.3 Å². The fourth-order valence-corrected chi connectivity index (χ4v) is 6.39. The Morgan fingerprint density at radius 3 is 2.52 bits per heavy atom. The molecule has 1 aromatic carbocycles. The number of rotatable bonds is 6.